The molecule has 3 heteroatoms. The number of aryl methyl sites for hydroxylation is 3. The highest BCUT2D eigenvalue weighted by Crippen LogP contribution is 2.25. The number of carboxylic acids is 1. The van der Waals surface area contributed by atoms with Gasteiger partial charge >= 0.3 is 5.97 Å². The highest BCUT2D eigenvalue weighted by Gasteiger charge is 2.20. The van der Waals surface area contributed by atoms with Gasteiger partial charge < -0.3 is 9.84 Å². The first-order valence-corrected chi connectivity index (χ1v) is 7.97. The molecule has 1 atom stereocenters. The van der Waals surface area contributed by atoms with E-state index in [-0.39, 0.29) is 0 Å². The molecule has 0 heterocycles. The first kappa shape index (κ1) is 17.1. The molecule has 0 aliphatic rings. The molecule has 0 spiro atoms. The lowest BCUT2D eigenvalue weighted by molar-refractivity contribution is -0.139. The van der Waals surface area contributed by atoms with E-state index in [4.69, 9.17) is 4.74 Å². The van der Waals surface area contributed by atoms with Crippen LogP contribution in [0.1, 0.15) is 41.0 Å². The number of ether oxygens (including phenoxy) is 1. The molecule has 2 rings (SSSR count). The van der Waals surface area contributed by atoms with Crippen molar-refractivity contribution in [2.24, 2.45) is 0 Å². The highest BCUT2D eigenvalue weighted by atomic mass is 16.5. The van der Waals surface area contributed by atoms with Gasteiger partial charge in [-0.3, -0.25) is 4.79 Å². The van der Waals surface area contributed by atoms with Gasteiger partial charge in [0.25, 0.3) is 0 Å². The summed E-state index contributed by atoms with van der Waals surface area (Å²) >= 11 is 0. The Balaban J connectivity index is 1.91. The third-order valence-corrected chi connectivity index (χ3v) is 4.25. The van der Waals surface area contributed by atoms with Crippen LogP contribution in [0.15, 0.2) is 42.5 Å². The molecule has 1 N–H and O–H groups in total. The maximum absolute atomic E-state index is 11.6. The van der Waals surface area contributed by atoms with Crippen LogP contribution >= 0.6 is 0 Å². The Labute approximate surface area is 137 Å². The quantitative estimate of drug-likeness (QED) is 0.758. The van der Waals surface area contributed by atoms with E-state index < -0.39 is 11.9 Å². The smallest absolute Gasteiger partial charge is 0.310 e. The molecule has 2 aromatic rings. The molecule has 0 aliphatic carbocycles. The Morgan fingerprint density at radius 2 is 1.78 bits per heavy atom. The normalized spacial score (nSPS) is 12.0. The summed E-state index contributed by atoms with van der Waals surface area (Å²) in [7, 11) is 0. The standard InChI is InChI=1S/C20H24O3/c1-14-10-11-17(13-16(14)3)23-12-6-9-19(20(21)22)18-8-5-4-7-15(18)2/h4-5,7-8,10-11,13,19H,6,9,12H2,1-3H3,(H,21,22). The predicted molar refractivity (Wildman–Crippen MR) is 92.2 cm³/mol. The van der Waals surface area contributed by atoms with Crippen LogP contribution in [0.4, 0.5) is 0 Å². The Kier molecular flexibility index (Phi) is 5.80. The molecule has 23 heavy (non-hydrogen) atoms. The van der Waals surface area contributed by atoms with Crippen molar-refractivity contribution in [3.05, 3.63) is 64.7 Å². The van der Waals surface area contributed by atoms with Crippen molar-refractivity contribution < 1.29 is 14.6 Å². The summed E-state index contributed by atoms with van der Waals surface area (Å²) in [5.74, 6) is -0.402. The minimum absolute atomic E-state index is 0.473. The van der Waals surface area contributed by atoms with Gasteiger partial charge in [-0.25, -0.2) is 0 Å². The fraction of sp³-hybridized carbons (Fsp3) is 0.350. The zero-order valence-electron chi connectivity index (χ0n) is 14.0. The molecule has 0 saturated heterocycles. The van der Waals surface area contributed by atoms with Crippen molar-refractivity contribution in [1.29, 1.82) is 0 Å². The summed E-state index contributed by atoms with van der Waals surface area (Å²) in [4.78, 5) is 11.6. The molecule has 1 unspecified atom stereocenters. The van der Waals surface area contributed by atoms with E-state index in [1.54, 1.807) is 0 Å². The van der Waals surface area contributed by atoms with Crippen LogP contribution < -0.4 is 4.74 Å². The number of carboxylic acid groups (broad SMARTS) is 1. The molecule has 0 saturated carbocycles. The molecule has 0 bridgehead atoms. The number of hydrogen-bond acceptors (Lipinski definition) is 2. The van der Waals surface area contributed by atoms with E-state index in [1.165, 1.54) is 11.1 Å². The largest absolute Gasteiger partial charge is 0.494 e. The first-order chi connectivity index (χ1) is 11.0. The lowest BCUT2D eigenvalue weighted by Crippen LogP contribution is -2.14. The van der Waals surface area contributed by atoms with E-state index >= 15 is 0 Å². The van der Waals surface area contributed by atoms with Crippen molar-refractivity contribution in [3.8, 4) is 5.75 Å². The van der Waals surface area contributed by atoms with Crippen molar-refractivity contribution in [2.75, 3.05) is 6.61 Å². The monoisotopic (exact) mass is 312 g/mol. The SMILES string of the molecule is Cc1ccc(OCCCC(C(=O)O)c2ccccc2C)cc1C. The Bertz CT molecular complexity index is 676. The molecular formula is C20H24O3. The topological polar surface area (TPSA) is 46.5 Å². The van der Waals surface area contributed by atoms with Crippen molar-refractivity contribution in [2.45, 2.75) is 39.5 Å². The van der Waals surface area contributed by atoms with Crippen molar-refractivity contribution in [1.82, 2.24) is 0 Å². The molecular weight excluding hydrogens is 288 g/mol. The summed E-state index contributed by atoms with van der Waals surface area (Å²) in [5, 5.41) is 9.49. The van der Waals surface area contributed by atoms with E-state index in [2.05, 4.69) is 13.8 Å². The van der Waals surface area contributed by atoms with Crippen molar-refractivity contribution in [3.63, 3.8) is 0 Å². The average molecular weight is 312 g/mol. The van der Waals surface area contributed by atoms with E-state index in [0.717, 1.165) is 16.9 Å². The second-order valence-electron chi connectivity index (χ2n) is 5.98. The zero-order valence-corrected chi connectivity index (χ0v) is 14.0. The van der Waals surface area contributed by atoms with Gasteiger partial charge in [0.2, 0.25) is 0 Å². The molecule has 0 fully saturated rings. The lowest BCUT2D eigenvalue weighted by Gasteiger charge is -2.15. The molecule has 3 nitrogen and oxygen atoms in total. The van der Waals surface area contributed by atoms with Gasteiger partial charge in [-0.1, -0.05) is 30.3 Å². The van der Waals surface area contributed by atoms with Crippen LogP contribution in [-0.4, -0.2) is 17.7 Å². The van der Waals surface area contributed by atoms with Gasteiger partial charge in [0.15, 0.2) is 0 Å². The minimum Gasteiger partial charge on any atom is -0.494 e. The number of hydrogen-bond donors (Lipinski definition) is 1. The minimum atomic E-state index is -0.773. The van der Waals surface area contributed by atoms with E-state index in [9.17, 15) is 9.90 Å². The third-order valence-electron chi connectivity index (χ3n) is 4.25. The van der Waals surface area contributed by atoms with Gasteiger partial charge in [0, 0.05) is 0 Å². The van der Waals surface area contributed by atoms with Gasteiger partial charge in [-0.2, -0.15) is 0 Å². The van der Waals surface area contributed by atoms with E-state index in [1.807, 2.05) is 49.4 Å². The fourth-order valence-corrected chi connectivity index (χ4v) is 2.67. The maximum atomic E-state index is 11.6. The van der Waals surface area contributed by atoms with E-state index in [0.29, 0.717) is 19.4 Å². The second-order valence-corrected chi connectivity index (χ2v) is 5.98. The lowest BCUT2D eigenvalue weighted by atomic mass is 9.91. The summed E-state index contributed by atoms with van der Waals surface area (Å²) in [6.45, 7) is 6.61. The summed E-state index contributed by atoms with van der Waals surface area (Å²) in [6.07, 6.45) is 1.28. The molecule has 0 radical (unpaired) electrons. The fourth-order valence-electron chi connectivity index (χ4n) is 2.67. The zero-order chi connectivity index (χ0) is 16.8. The molecule has 0 aromatic heterocycles. The van der Waals surface area contributed by atoms with Crippen molar-refractivity contribution >= 4 is 5.97 Å². The average Bonchev–Trinajstić information content (AvgIpc) is 2.51. The van der Waals surface area contributed by atoms with Gasteiger partial charge in [0.1, 0.15) is 5.75 Å². The van der Waals surface area contributed by atoms with Crippen LogP contribution in [0.25, 0.3) is 0 Å². The highest BCUT2D eigenvalue weighted by molar-refractivity contribution is 5.76. The van der Waals surface area contributed by atoms with Crippen LogP contribution in [-0.2, 0) is 4.79 Å². The number of aliphatic carboxylic acids is 1. The third kappa shape index (κ3) is 4.59. The van der Waals surface area contributed by atoms with Crippen LogP contribution in [0.5, 0.6) is 5.75 Å². The molecule has 0 amide bonds. The van der Waals surface area contributed by atoms with Crippen LogP contribution in [0, 0.1) is 20.8 Å². The molecule has 2 aromatic carbocycles. The van der Waals surface area contributed by atoms with Gasteiger partial charge in [0.05, 0.1) is 12.5 Å². The Morgan fingerprint density at radius 1 is 1.04 bits per heavy atom. The van der Waals surface area contributed by atoms with Crippen LogP contribution in [0.2, 0.25) is 0 Å². The molecule has 122 valence electrons. The predicted octanol–water partition coefficient (Wildman–Crippen LogP) is 4.64. The molecule has 0 aliphatic heterocycles. The second kappa shape index (κ2) is 7.82. The van der Waals surface area contributed by atoms with Crippen LogP contribution in [0.3, 0.4) is 0 Å². The maximum Gasteiger partial charge on any atom is 0.310 e. The summed E-state index contributed by atoms with van der Waals surface area (Å²) in [5.41, 5.74) is 4.36. The number of carbonyl (C=O) groups is 1. The number of benzene rings is 2. The summed E-state index contributed by atoms with van der Waals surface area (Å²) < 4.78 is 5.75. The van der Waals surface area contributed by atoms with Gasteiger partial charge in [-0.05, 0) is 68.0 Å². The first-order valence-electron chi connectivity index (χ1n) is 7.97. The Morgan fingerprint density at radius 3 is 2.43 bits per heavy atom. The Hall–Kier alpha value is -2.29. The number of rotatable bonds is 7. The van der Waals surface area contributed by atoms with Gasteiger partial charge in [-0.15, -0.1) is 0 Å². The summed E-state index contributed by atoms with van der Waals surface area (Å²) in [6, 6.07) is 13.7.